The van der Waals surface area contributed by atoms with E-state index in [4.69, 9.17) is 0 Å². The van der Waals surface area contributed by atoms with Gasteiger partial charge in [-0.2, -0.15) is 0 Å². The molecule has 0 aliphatic rings. The van der Waals surface area contributed by atoms with E-state index in [-0.39, 0.29) is 5.41 Å². The maximum atomic E-state index is 3.55. The summed E-state index contributed by atoms with van der Waals surface area (Å²) in [6.07, 6.45) is 0. The normalized spacial score (nSPS) is 11.6. The molecule has 1 nitrogen and oxygen atoms in total. The predicted octanol–water partition coefficient (Wildman–Crippen LogP) is 8.63. The van der Waals surface area contributed by atoms with Crippen molar-refractivity contribution in [2.75, 3.05) is 0 Å². The largest absolute Gasteiger partial charge is 0.309 e. The summed E-state index contributed by atoms with van der Waals surface area (Å²) >= 11 is 7.09. The maximum absolute atomic E-state index is 3.55. The zero-order valence-electron chi connectivity index (χ0n) is 16.8. The Morgan fingerprint density at radius 3 is 1.34 bits per heavy atom. The summed E-state index contributed by atoms with van der Waals surface area (Å²) in [5.74, 6) is 0. The highest BCUT2D eigenvalue weighted by Gasteiger charge is 2.16. The van der Waals surface area contributed by atoms with Gasteiger partial charge in [-0.15, -0.1) is 0 Å². The molecule has 0 saturated carbocycles. The molecule has 3 heteroatoms. The molecule has 4 aromatic rings. The molecule has 0 aliphatic heterocycles. The molecule has 0 aliphatic carbocycles. The Labute approximate surface area is 189 Å². The van der Waals surface area contributed by atoms with Crippen LogP contribution in [-0.4, -0.2) is 4.57 Å². The fourth-order valence-electron chi connectivity index (χ4n) is 3.52. The lowest BCUT2D eigenvalue weighted by Gasteiger charge is -2.20. The molecular formula is C26H23Br2N. The van der Waals surface area contributed by atoms with Gasteiger partial charge in [0.15, 0.2) is 0 Å². The molecule has 0 atom stereocenters. The number of halogens is 2. The van der Waals surface area contributed by atoms with Crippen LogP contribution in [0.3, 0.4) is 0 Å². The van der Waals surface area contributed by atoms with Crippen LogP contribution in [0.15, 0.2) is 93.9 Å². The summed E-state index contributed by atoms with van der Waals surface area (Å²) in [6.45, 7) is 6.74. The summed E-state index contributed by atoms with van der Waals surface area (Å²) in [5.41, 5.74) is 7.38. The SMILES string of the molecule is CC(C)(C)c1ccc(-n2c(-c3ccc(Br)cc3)ccc2-c2ccc(Br)cc2)cc1. The molecule has 0 saturated heterocycles. The Morgan fingerprint density at radius 2 is 0.966 bits per heavy atom. The first-order valence-corrected chi connectivity index (χ1v) is 11.3. The van der Waals surface area contributed by atoms with Gasteiger partial charge in [0.1, 0.15) is 0 Å². The third-order valence-electron chi connectivity index (χ3n) is 5.15. The number of rotatable bonds is 3. The molecule has 146 valence electrons. The number of hydrogen-bond donors (Lipinski definition) is 0. The van der Waals surface area contributed by atoms with Gasteiger partial charge in [-0.25, -0.2) is 0 Å². The molecule has 1 aromatic heterocycles. The van der Waals surface area contributed by atoms with Gasteiger partial charge < -0.3 is 4.57 Å². The topological polar surface area (TPSA) is 4.93 Å². The standard InChI is InChI=1S/C26H23Br2N/c1-26(2,3)20-8-14-23(15-9-20)29-24(18-4-10-21(27)11-5-18)16-17-25(29)19-6-12-22(28)13-7-19/h4-17H,1-3H3. The Kier molecular flexibility index (Phi) is 5.54. The number of benzene rings is 3. The summed E-state index contributed by atoms with van der Waals surface area (Å²) in [6, 6.07) is 30.4. The van der Waals surface area contributed by atoms with E-state index < -0.39 is 0 Å². The first-order valence-electron chi connectivity index (χ1n) is 9.67. The fraction of sp³-hybridized carbons (Fsp3) is 0.154. The molecule has 0 amide bonds. The molecule has 0 N–H and O–H groups in total. The molecule has 0 unspecified atom stereocenters. The second kappa shape index (κ2) is 7.97. The van der Waals surface area contributed by atoms with E-state index >= 15 is 0 Å². The number of hydrogen-bond acceptors (Lipinski definition) is 0. The number of aromatic nitrogens is 1. The van der Waals surface area contributed by atoms with Crippen molar-refractivity contribution in [1.82, 2.24) is 4.57 Å². The third-order valence-corrected chi connectivity index (χ3v) is 6.21. The van der Waals surface area contributed by atoms with Crippen LogP contribution in [0, 0.1) is 0 Å². The smallest absolute Gasteiger partial charge is 0.0535 e. The molecule has 0 spiro atoms. The van der Waals surface area contributed by atoms with Crippen molar-refractivity contribution in [3.05, 3.63) is 99.4 Å². The van der Waals surface area contributed by atoms with E-state index in [0.29, 0.717) is 0 Å². The average molecular weight is 509 g/mol. The van der Waals surface area contributed by atoms with Crippen molar-refractivity contribution in [1.29, 1.82) is 0 Å². The Bertz CT molecular complexity index is 1050. The highest BCUT2D eigenvalue weighted by Crippen LogP contribution is 2.34. The minimum absolute atomic E-state index is 0.137. The monoisotopic (exact) mass is 507 g/mol. The van der Waals surface area contributed by atoms with E-state index in [1.807, 2.05) is 0 Å². The van der Waals surface area contributed by atoms with Crippen molar-refractivity contribution >= 4 is 31.9 Å². The van der Waals surface area contributed by atoms with Gasteiger partial charge in [-0.05, 0) is 70.6 Å². The minimum atomic E-state index is 0.137. The predicted molar refractivity (Wildman–Crippen MR) is 131 cm³/mol. The lowest BCUT2D eigenvalue weighted by molar-refractivity contribution is 0.590. The van der Waals surface area contributed by atoms with Crippen LogP contribution in [0.5, 0.6) is 0 Å². The summed E-state index contributed by atoms with van der Waals surface area (Å²) in [4.78, 5) is 0. The molecule has 29 heavy (non-hydrogen) atoms. The van der Waals surface area contributed by atoms with Crippen LogP contribution < -0.4 is 0 Å². The molecule has 0 bridgehead atoms. The van der Waals surface area contributed by atoms with E-state index in [1.165, 1.54) is 33.8 Å². The molecule has 4 rings (SSSR count). The third kappa shape index (κ3) is 4.26. The highest BCUT2D eigenvalue weighted by atomic mass is 79.9. The van der Waals surface area contributed by atoms with Gasteiger partial charge >= 0.3 is 0 Å². The van der Waals surface area contributed by atoms with Crippen molar-refractivity contribution in [2.24, 2.45) is 0 Å². The van der Waals surface area contributed by atoms with Gasteiger partial charge in [0.2, 0.25) is 0 Å². The van der Waals surface area contributed by atoms with Crippen molar-refractivity contribution in [3.8, 4) is 28.2 Å². The lowest BCUT2D eigenvalue weighted by atomic mass is 9.87. The van der Waals surface area contributed by atoms with Crippen LogP contribution in [0.25, 0.3) is 28.2 Å². The second-order valence-electron chi connectivity index (χ2n) is 8.25. The van der Waals surface area contributed by atoms with Gasteiger partial charge in [-0.1, -0.05) is 89.0 Å². The number of nitrogens with zero attached hydrogens (tertiary/aromatic N) is 1. The molecule has 1 heterocycles. The average Bonchev–Trinajstić information content (AvgIpc) is 3.13. The first-order chi connectivity index (χ1) is 13.8. The second-order valence-corrected chi connectivity index (χ2v) is 10.1. The molecule has 3 aromatic carbocycles. The van der Waals surface area contributed by atoms with Crippen LogP contribution in [0.4, 0.5) is 0 Å². The van der Waals surface area contributed by atoms with E-state index in [2.05, 4.69) is 142 Å². The van der Waals surface area contributed by atoms with Gasteiger partial charge in [0, 0.05) is 14.6 Å². The fourth-order valence-corrected chi connectivity index (χ4v) is 4.05. The van der Waals surface area contributed by atoms with Gasteiger partial charge in [0.05, 0.1) is 11.4 Å². The molecule has 0 radical (unpaired) electrons. The molecule has 0 fully saturated rings. The highest BCUT2D eigenvalue weighted by molar-refractivity contribution is 9.10. The van der Waals surface area contributed by atoms with Gasteiger partial charge in [-0.3, -0.25) is 0 Å². The van der Waals surface area contributed by atoms with Crippen molar-refractivity contribution in [3.63, 3.8) is 0 Å². The Balaban J connectivity index is 1.90. The van der Waals surface area contributed by atoms with Crippen molar-refractivity contribution in [2.45, 2.75) is 26.2 Å². The van der Waals surface area contributed by atoms with E-state index in [0.717, 1.165) is 8.95 Å². The van der Waals surface area contributed by atoms with Crippen LogP contribution in [0.2, 0.25) is 0 Å². The van der Waals surface area contributed by atoms with Crippen LogP contribution in [0.1, 0.15) is 26.3 Å². The lowest BCUT2D eigenvalue weighted by Crippen LogP contribution is -2.11. The van der Waals surface area contributed by atoms with Crippen molar-refractivity contribution < 1.29 is 0 Å². The van der Waals surface area contributed by atoms with Crippen LogP contribution >= 0.6 is 31.9 Å². The van der Waals surface area contributed by atoms with Gasteiger partial charge in [0.25, 0.3) is 0 Å². The van der Waals surface area contributed by atoms with E-state index in [1.54, 1.807) is 0 Å². The van der Waals surface area contributed by atoms with E-state index in [9.17, 15) is 0 Å². The Morgan fingerprint density at radius 1 is 0.552 bits per heavy atom. The summed E-state index contributed by atoms with van der Waals surface area (Å²) in [7, 11) is 0. The zero-order chi connectivity index (χ0) is 20.6. The van der Waals surface area contributed by atoms with Crippen LogP contribution in [-0.2, 0) is 5.41 Å². The zero-order valence-corrected chi connectivity index (χ0v) is 20.0. The summed E-state index contributed by atoms with van der Waals surface area (Å²) < 4.78 is 4.52. The summed E-state index contributed by atoms with van der Waals surface area (Å²) in [5, 5.41) is 0. The minimum Gasteiger partial charge on any atom is -0.309 e. The quantitative estimate of drug-likeness (QED) is 0.261. The first kappa shape index (κ1) is 20.2. The Hall–Kier alpha value is -2.10. The maximum Gasteiger partial charge on any atom is 0.0535 e. The molecular weight excluding hydrogens is 486 g/mol.